The number of likely N-dealkylation sites (N-methyl/N-ethyl adjacent to an activating group) is 1. The van der Waals surface area contributed by atoms with E-state index < -0.39 is 0 Å². The fourth-order valence-corrected chi connectivity index (χ4v) is 2.88. The zero-order valence-corrected chi connectivity index (χ0v) is 13.4. The van der Waals surface area contributed by atoms with Gasteiger partial charge in [-0.25, -0.2) is 0 Å². The van der Waals surface area contributed by atoms with Crippen molar-refractivity contribution >= 4 is 11.6 Å². The van der Waals surface area contributed by atoms with Gasteiger partial charge >= 0.3 is 0 Å². The summed E-state index contributed by atoms with van der Waals surface area (Å²) in [6, 6.07) is 6.59. The molecule has 1 aromatic rings. The molecule has 0 radical (unpaired) electrons. The predicted molar refractivity (Wildman–Crippen MR) is 87.7 cm³/mol. The van der Waals surface area contributed by atoms with Crippen molar-refractivity contribution in [2.24, 2.45) is 0 Å². The summed E-state index contributed by atoms with van der Waals surface area (Å²) in [5, 5.41) is 6.39. The first kappa shape index (κ1) is 16.0. The highest BCUT2D eigenvalue weighted by Crippen LogP contribution is 2.15. The Morgan fingerprint density at radius 3 is 2.62 bits per heavy atom. The van der Waals surface area contributed by atoms with Crippen molar-refractivity contribution in [2.75, 3.05) is 31.5 Å². The van der Waals surface area contributed by atoms with E-state index in [-0.39, 0.29) is 5.91 Å². The molecular weight excluding hydrogens is 262 g/mol. The molecule has 0 saturated carbocycles. The lowest BCUT2D eigenvalue weighted by Gasteiger charge is -2.33. The lowest BCUT2D eigenvalue weighted by atomic mass is 10.0. The summed E-state index contributed by atoms with van der Waals surface area (Å²) in [5.74, 6) is 0.0821. The van der Waals surface area contributed by atoms with Crippen LogP contribution in [-0.2, 0) is 4.79 Å². The summed E-state index contributed by atoms with van der Waals surface area (Å²) in [6.07, 6.45) is 2.26. The second-order valence-corrected chi connectivity index (χ2v) is 5.89. The molecule has 1 aliphatic rings. The predicted octanol–water partition coefficient (Wildman–Crippen LogP) is 2.32. The van der Waals surface area contributed by atoms with Gasteiger partial charge in [-0.05, 0) is 69.6 Å². The average molecular weight is 289 g/mol. The lowest BCUT2D eigenvalue weighted by molar-refractivity contribution is -0.118. The minimum absolute atomic E-state index is 0.0821. The van der Waals surface area contributed by atoms with Gasteiger partial charge in [0.25, 0.3) is 0 Å². The normalized spacial score (nSPS) is 16.2. The van der Waals surface area contributed by atoms with Gasteiger partial charge in [-0.1, -0.05) is 13.0 Å². The van der Waals surface area contributed by atoms with Crippen molar-refractivity contribution in [3.63, 3.8) is 0 Å². The number of carbonyl (C=O) groups excluding carboxylic acids is 1. The van der Waals surface area contributed by atoms with Crippen LogP contribution in [0.25, 0.3) is 0 Å². The summed E-state index contributed by atoms with van der Waals surface area (Å²) < 4.78 is 0. The second kappa shape index (κ2) is 7.57. The van der Waals surface area contributed by atoms with Crippen LogP contribution in [-0.4, -0.2) is 43.0 Å². The zero-order valence-electron chi connectivity index (χ0n) is 13.4. The second-order valence-electron chi connectivity index (χ2n) is 5.89. The summed E-state index contributed by atoms with van der Waals surface area (Å²) in [6.45, 7) is 9.79. The highest BCUT2D eigenvalue weighted by Gasteiger charge is 2.21. The molecule has 0 unspecified atom stereocenters. The summed E-state index contributed by atoms with van der Waals surface area (Å²) >= 11 is 0. The number of piperidine rings is 1. The zero-order chi connectivity index (χ0) is 15.2. The minimum atomic E-state index is 0.0821. The number of amides is 1. The van der Waals surface area contributed by atoms with Gasteiger partial charge in [0.15, 0.2) is 0 Å². The van der Waals surface area contributed by atoms with Gasteiger partial charge in [0.05, 0.1) is 6.54 Å². The topological polar surface area (TPSA) is 44.4 Å². The SMILES string of the molecule is CCN(CC(=O)Nc1ccc(C)c(C)c1)C1CCNCC1. The molecular formula is C17H27N3O. The first-order valence-corrected chi connectivity index (χ1v) is 7.92. The van der Waals surface area contributed by atoms with Crippen molar-refractivity contribution in [1.82, 2.24) is 10.2 Å². The van der Waals surface area contributed by atoms with E-state index >= 15 is 0 Å². The van der Waals surface area contributed by atoms with Crippen LogP contribution in [0, 0.1) is 13.8 Å². The Morgan fingerprint density at radius 2 is 2.00 bits per heavy atom. The Morgan fingerprint density at radius 1 is 1.29 bits per heavy atom. The van der Waals surface area contributed by atoms with Crippen LogP contribution < -0.4 is 10.6 Å². The van der Waals surface area contributed by atoms with Crippen LogP contribution in [0.1, 0.15) is 30.9 Å². The first-order valence-electron chi connectivity index (χ1n) is 7.92. The molecule has 116 valence electrons. The molecule has 1 fully saturated rings. The van der Waals surface area contributed by atoms with E-state index in [0.717, 1.165) is 38.2 Å². The number of aryl methyl sites for hydroxylation is 2. The van der Waals surface area contributed by atoms with Crippen molar-refractivity contribution in [2.45, 2.75) is 39.7 Å². The maximum atomic E-state index is 12.3. The van der Waals surface area contributed by atoms with Gasteiger partial charge in [0.2, 0.25) is 5.91 Å². The molecule has 4 nitrogen and oxygen atoms in total. The Hall–Kier alpha value is -1.39. The van der Waals surface area contributed by atoms with Gasteiger partial charge in [0.1, 0.15) is 0 Å². The Kier molecular flexibility index (Phi) is 5.76. The van der Waals surface area contributed by atoms with E-state index in [1.807, 2.05) is 12.1 Å². The fourth-order valence-electron chi connectivity index (χ4n) is 2.88. The Bertz CT molecular complexity index is 481. The minimum Gasteiger partial charge on any atom is -0.325 e. The van der Waals surface area contributed by atoms with E-state index in [1.54, 1.807) is 0 Å². The molecule has 1 saturated heterocycles. The van der Waals surface area contributed by atoms with Gasteiger partial charge in [-0.2, -0.15) is 0 Å². The summed E-state index contributed by atoms with van der Waals surface area (Å²) in [4.78, 5) is 14.5. The molecule has 1 amide bonds. The van der Waals surface area contributed by atoms with Crippen molar-refractivity contribution in [3.05, 3.63) is 29.3 Å². The van der Waals surface area contributed by atoms with E-state index in [0.29, 0.717) is 12.6 Å². The monoisotopic (exact) mass is 289 g/mol. The number of benzene rings is 1. The molecule has 0 aromatic heterocycles. The van der Waals surface area contributed by atoms with Gasteiger partial charge < -0.3 is 10.6 Å². The molecule has 0 spiro atoms. The standard InChI is InChI=1S/C17H27N3O/c1-4-20(16-7-9-18-10-8-16)12-17(21)19-15-6-5-13(2)14(3)11-15/h5-6,11,16,18H,4,7-10,12H2,1-3H3,(H,19,21). The van der Waals surface area contributed by atoms with Crippen LogP contribution in [0.15, 0.2) is 18.2 Å². The van der Waals surface area contributed by atoms with Crippen LogP contribution in [0.2, 0.25) is 0 Å². The number of nitrogens with one attached hydrogen (secondary N) is 2. The van der Waals surface area contributed by atoms with E-state index in [1.165, 1.54) is 11.1 Å². The van der Waals surface area contributed by atoms with E-state index in [4.69, 9.17) is 0 Å². The van der Waals surface area contributed by atoms with Crippen LogP contribution >= 0.6 is 0 Å². The highest BCUT2D eigenvalue weighted by molar-refractivity contribution is 5.92. The molecule has 2 N–H and O–H groups in total. The van der Waals surface area contributed by atoms with Gasteiger partial charge in [-0.3, -0.25) is 9.69 Å². The molecule has 0 aliphatic carbocycles. The molecule has 1 aromatic carbocycles. The Labute approximate surface area is 127 Å². The molecule has 21 heavy (non-hydrogen) atoms. The number of rotatable bonds is 5. The molecule has 2 rings (SSSR count). The molecule has 4 heteroatoms. The average Bonchev–Trinajstić information content (AvgIpc) is 2.49. The number of carbonyl (C=O) groups is 1. The van der Waals surface area contributed by atoms with Crippen molar-refractivity contribution in [3.8, 4) is 0 Å². The molecule has 0 atom stereocenters. The highest BCUT2D eigenvalue weighted by atomic mass is 16.2. The summed E-state index contributed by atoms with van der Waals surface area (Å²) in [7, 11) is 0. The maximum absolute atomic E-state index is 12.3. The van der Waals surface area contributed by atoms with Crippen LogP contribution in [0.5, 0.6) is 0 Å². The van der Waals surface area contributed by atoms with Gasteiger partial charge in [-0.15, -0.1) is 0 Å². The lowest BCUT2D eigenvalue weighted by Crippen LogP contribution is -2.46. The summed E-state index contributed by atoms with van der Waals surface area (Å²) in [5.41, 5.74) is 3.35. The third-order valence-corrected chi connectivity index (χ3v) is 4.37. The van der Waals surface area contributed by atoms with Crippen molar-refractivity contribution in [1.29, 1.82) is 0 Å². The third-order valence-electron chi connectivity index (χ3n) is 4.37. The number of anilines is 1. The molecule has 1 aliphatic heterocycles. The smallest absolute Gasteiger partial charge is 0.238 e. The molecule has 1 heterocycles. The first-order chi connectivity index (χ1) is 10.1. The third kappa shape index (κ3) is 4.55. The number of hydrogen-bond donors (Lipinski definition) is 2. The van der Waals surface area contributed by atoms with Crippen LogP contribution in [0.4, 0.5) is 5.69 Å². The largest absolute Gasteiger partial charge is 0.325 e. The van der Waals surface area contributed by atoms with E-state index in [9.17, 15) is 4.79 Å². The number of nitrogens with zero attached hydrogens (tertiary/aromatic N) is 1. The maximum Gasteiger partial charge on any atom is 0.238 e. The Balaban J connectivity index is 1.91. The number of hydrogen-bond acceptors (Lipinski definition) is 3. The van der Waals surface area contributed by atoms with Crippen LogP contribution in [0.3, 0.4) is 0 Å². The molecule has 0 bridgehead atoms. The van der Waals surface area contributed by atoms with Crippen molar-refractivity contribution < 1.29 is 4.79 Å². The van der Waals surface area contributed by atoms with Gasteiger partial charge in [0, 0.05) is 11.7 Å². The fraction of sp³-hybridized carbons (Fsp3) is 0.588. The quantitative estimate of drug-likeness (QED) is 0.874. The van der Waals surface area contributed by atoms with E-state index in [2.05, 4.69) is 42.4 Å².